The van der Waals surface area contributed by atoms with Crippen molar-refractivity contribution in [2.24, 2.45) is 0 Å². The fourth-order valence-electron chi connectivity index (χ4n) is 4.05. The Morgan fingerprint density at radius 3 is 1.86 bits per heavy atom. The molecule has 0 N–H and O–H groups in total. The van der Waals surface area contributed by atoms with Gasteiger partial charge in [0.15, 0.2) is 0 Å². The Morgan fingerprint density at radius 1 is 0.679 bits per heavy atom. The van der Waals surface area contributed by atoms with Crippen LogP contribution in [-0.4, -0.2) is 9.97 Å². The van der Waals surface area contributed by atoms with Gasteiger partial charge in [-0.05, 0) is 63.4 Å². The molecule has 0 fully saturated rings. The summed E-state index contributed by atoms with van der Waals surface area (Å²) >= 11 is 0. The van der Waals surface area contributed by atoms with Crippen LogP contribution < -0.4 is 0 Å². The maximum Gasteiger partial charge on any atom is 0.0703 e. The lowest BCUT2D eigenvalue weighted by atomic mass is 9.89. The van der Waals surface area contributed by atoms with Gasteiger partial charge in [-0.25, -0.2) is 0 Å². The Hall–Kier alpha value is -3.52. The van der Waals surface area contributed by atoms with Gasteiger partial charge in [-0.3, -0.25) is 9.97 Å². The van der Waals surface area contributed by atoms with E-state index in [0.29, 0.717) is 0 Å². The third-order valence-electron chi connectivity index (χ3n) is 5.49. The van der Waals surface area contributed by atoms with Crippen LogP contribution in [0.1, 0.15) is 16.7 Å². The number of aromatic nitrogens is 2. The predicted molar refractivity (Wildman–Crippen MR) is 116 cm³/mol. The molecule has 28 heavy (non-hydrogen) atoms. The molecule has 0 saturated carbocycles. The van der Waals surface area contributed by atoms with Crippen molar-refractivity contribution in [3.8, 4) is 11.3 Å². The summed E-state index contributed by atoms with van der Waals surface area (Å²) < 4.78 is 0. The van der Waals surface area contributed by atoms with E-state index in [2.05, 4.69) is 72.6 Å². The summed E-state index contributed by atoms with van der Waals surface area (Å²) in [5.41, 5.74) is 6.01. The average Bonchev–Trinajstić information content (AvgIpc) is 2.78. The molecule has 5 rings (SSSR count). The number of aryl methyl sites for hydroxylation is 1. The molecule has 0 bridgehead atoms. The highest BCUT2D eigenvalue weighted by atomic mass is 14.7. The molecule has 0 aliphatic carbocycles. The first-order valence-corrected chi connectivity index (χ1v) is 9.55. The van der Waals surface area contributed by atoms with Gasteiger partial charge in [-0.1, -0.05) is 54.6 Å². The van der Waals surface area contributed by atoms with E-state index in [0.717, 1.165) is 17.7 Å². The molecule has 3 aromatic carbocycles. The van der Waals surface area contributed by atoms with E-state index in [-0.39, 0.29) is 0 Å². The van der Waals surface area contributed by atoms with E-state index < -0.39 is 0 Å². The van der Waals surface area contributed by atoms with Crippen molar-refractivity contribution in [3.05, 3.63) is 108 Å². The Morgan fingerprint density at radius 2 is 1.29 bits per heavy atom. The second-order valence-corrected chi connectivity index (χ2v) is 7.16. The maximum absolute atomic E-state index is 4.70. The molecule has 134 valence electrons. The summed E-state index contributed by atoms with van der Waals surface area (Å²) in [5.74, 6) is 0. The Balaban J connectivity index is 1.62. The van der Waals surface area contributed by atoms with E-state index in [9.17, 15) is 0 Å². The fourth-order valence-corrected chi connectivity index (χ4v) is 4.05. The minimum absolute atomic E-state index is 0.866. The number of fused-ring (bicyclic) bond motifs is 2. The molecule has 0 radical (unpaired) electrons. The zero-order valence-electron chi connectivity index (χ0n) is 15.8. The van der Waals surface area contributed by atoms with Crippen LogP contribution in [-0.2, 0) is 6.42 Å². The lowest BCUT2D eigenvalue weighted by molar-refractivity contribution is 1.17. The average molecular weight is 360 g/mol. The van der Waals surface area contributed by atoms with E-state index in [1.165, 1.54) is 38.2 Å². The Bertz CT molecular complexity index is 1220. The van der Waals surface area contributed by atoms with Crippen molar-refractivity contribution in [2.75, 3.05) is 0 Å². The Labute approximate surface area is 164 Å². The number of nitrogens with zero attached hydrogens (tertiary/aromatic N) is 2. The van der Waals surface area contributed by atoms with Crippen LogP contribution in [0.2, 0.25) is 0 Å². The van der Waals surface area contributed by atoms with E-state index in [1.807, 2.05) is 18.3 Å². The molecule has 2 nitrogen and oxygen atoms in total. The van der Waals surface area contributed by atoms with E-state index in [1.54, 1.807) is 12.4 Å². The highest BCUT2D eigenvalue weighted by Gasteiger charge is 2.12. The molecule has 2 heteroatoms. The van der Waals surface area contributed by atoms with Crippen LogP contribution in [0.15, 0.2) is 91.4 Å². The topological polar surface area (TPSA) is 25.8 Å². The fraction of sp³-hybridized carbons (Fsp3) is 0.0769. The van der Waals surface area contributed by atoms with Crippen molar-refractivity contribution in [3.63, 3.8) is 0 Å². The van der Waals surface area contributed by atoms with Crippen LogP contribution in [0.5, 0.6) is 0 Å². The molecule has 0 aliphatic rings. The molecule has 0 amide bonds. The lowest BCUT2D eigenvalue weighted by Crippen LogP contribution is -1.96. The second-order valence-electron chi connectivity index (χ2n) is 7.16. The maximum atomic E-state index is 4.70. The second kappa shape index (κ2) is 6.90. The van der Waals surface area contributed by atoms with Gasteiger partial charge in [-0.2, -0.15) is 0 Å². The van der Waals surface area contributed by atoms with Crippen LogP contribution in [0.3, 0.4) is 0 Å². The summed E-state index contributed by atoms with van der Waals surface area (Å²) in [5, 5.41) is 5.32. The summed E-state index contributed by atoms with van der Waals surface area (Å²) in [7, 11) is 0. The van der Waals surface area contributed by atoms with Crippen molar-refractivity contribution in [1.29, 1.82) is 0 Å². The van der Waals surface area contributed by atoms with E-state index in [4.69, 9.17) is 4.98 Å². The number of hydrogen-bond donors (Lipinski definition) is 0. The summed E-state index contributed by atoms with van der Waals surface area (Å²) in [4.78, 5) is 8.78. The van der Waals surface area contributed by atoms with Gasteiger partial charge in [0.05, 0.1) is 5.69 Å². The zero-order chi connectivity index (χ0) is 18.9. The van der Waals surface area contributed by atoms with Gasteiger partial charge < -0.3 is 0 Å². The molecule has 0 saturated heterocycles. The molecule has 0 spiro atoms. The predicted octanol–water partition coefficient (Wildman–Crippen LogP) is 6.35. The van der Waals surface area contributed by atoms with Crippen LogP contribution in [0.25, 0.3) is 32.8 Å². The standard InChI is InChI=1S/C26H20N2/c1-18-21-6-2-4-8-23(21)25(24-9-5-3-7-22(18)24)16-19-10-11-26(28-17-19)20-12-14-27-15-13-20/h2-15,17H,16H2,1H3. The number of hydrogen-bond acceptors (Lipinski definition) is 2. The van der Waals surface area contributed by atoms with Crippen molar-refractivity contribution >= 4 is 21.5 Å². The molecule has 2 heterocycles. The molecule has 0 aliphatic heterocycles. The van der Waals surface area contributed by atoms with Gasteiger partial charge in [0.25, 0.3) is 0 Å². The van der Waals surface area contributed by atoms with Gasteiger partial charge in [0, 0.05) is 30.6 Å². The molecule has 2 aromatic heterocycles. The molecule has 0 unspecified atom stereocenters. The van der Waals surface area contributed by atoms with Gasteiger partial charge in [0.2, 0.25) is 0 Å². The smallest absolute Gasteiger partial charge is 0.0703 e. The van der Waals surface area contributed by atoms with Crippen LogP contribution in [0, 0.1) is 6.92 Å². The van der Waals surface area contributed by atoms with Gasteiger partial charge in [-0.15, -0.1) is 0 Å². The summed E-state index contributed by atoms with van der Waals surface area (Å²) in [6.07, 6.45) is 6.47. The Kier molecular flexibility index (Phi) is 4.10. The number of benzene rings is 3. The number of rotatable bonds is 3. The number of pyridine rings is 2. The highest BCUT2D eigenvalue weighted by Crippen LogP contribution is 2.33. The van der Waals surface area contributed by atoms with Gasteiger partial charge in [0.1, 0.15) is 0 Å². The third kappa shape index (κ3) is 2.84. The quantitative estimate of drug-likeness (QED) is 0.350. The van der Waals surface area contributed by atoms with Crippen molar-refractivity contribution in [1.82, 2.24) is 9.97 Å². The molecular formula is C26H20N2. The minimum atomic E-state index is 0.866. The van der Waals surface area contributed by atoms with Gasteiger partial charge >= 0.3 is 0 Å². The molecular weight excluding hydrogens is 340 g/mol. The van der Waals surface area contributed by atoms with Crippen LogP contribution in [0.4, 0.5) is 0 Å². The largest absolute Gasteiger partial charge is 0.265 e. The first-order chi connectivity index (χ1) is 13.8. The minimum Gasteiger partial charge on any atom is -0.265 e. The highest BCUT2D eigenvalue weighted by molar-refractivity contribution is 6.05. The van der Waals surface area contributed by atoms with Crippen molar-refractivity contribution in [2.45, 2.75) is 13.3 Å². The first-order valence-electron chi connectivity index (χ1n) is 9.55. The normalized spacial score (nSPS) is 11.2. The summed E-state index contributed by atoms with van der Waals surface area (Å²) in [6, 6.07) is 25.7. The first kappa shape index (κ1) is 16.6. The SMILES string of the molecule is Cc1c2ccccc2c(Cc2ccc(-c3ccncc3)nc2)c2ccccc12. The monoisotopic (exact) mass is 360 g/mol. The zero-order valence-corrected chi connectivity index (χ0v) is 15.8. The third-order valence-corrected chi connectivity index (χ3v) is 5.49. The molecule has 5 aromatic rings. The summed E-state index contributed by atoms with van der Waals surface area (Å²) in [6.45, 7) is 2.22. The van der Waals surface area contributed by atoms with E-state index >= 15 is 0 Å². The molecule has 0 atom stereocenters. The van der Waals surface area contributed by atoms with Crippen LogP contribution >= 0.6 is 0 Å². The van der Waals surface area contributed by atoms with Crippen molar-refractivity contribution < 1.29 is 0 Å². The lowest BCUT2D eigenvalue weighted by Gasteiger charge is -2.15.